The number of nitrogens with one attached hydrogen (secondary N) is 1. The molecular weight excluding hydrogens is 367 g/mol. The number of rotatable bonds is 2. The molecule has 0 amide bonds. The highest BCUT2D eigenvalue weighted by molar-refractivity contribution is 9.10. The van der Waals surface area contributed by atoms with Crippen molar-refractivity contribution >= 4 is 62.1 Å². The van der Waals surface area contributed by atoms with E-state index in [0.717, 1.165) is 0 Å². The van der Waals surface area contributed by atoms with Gasteiger partial charge in [0.2, 0.25) is 0 Å². The van der Waals surface area contributed by atoms with Crippen LogP contribution in [0, 0.1) is 5.82 Å². The van der Waals surface area contributed by atoms with Crippen LogP contribution in [-0.2, 0) is 0 Å². The van der Waals surface area contributed by atoms with E-state index >= 15 is 0 Å². The molecule has 0 aliphatic carbocycles. The molecule has 0 aliphatic rings. The minimum absolute atomic E-state index is 0.131. The Bertz CT molecular complexity index is 586. The molecule has 94 valence electrons. The molecule has 0 saturated heterocycles. The Hall–Kier alpha value is -0.620. The summed E-state index contributed by atoms with van der Waals surface area (Å²) in [4.78, 5) is 0. The zero-order valence-electron chi connectivity index (χ0n) is 8.52. The van der Waals surface area contributed by atoms with Crippen molar-refractivity contribution in [2.24, 2.45) is 0 Å². The van der Waals surface area contributed by atoms with Crippen LogP contribution in [-0.4, -0.2) is 10.2 Å². The highest BCUT2D eigenvalue weighted by atomic mass is 79.9. The first kappa shape index (κ1) is 13.8. The fourth-order valence-corrected chi connectivity index (χ4v) is 2.42. The van der Waals surface area contributed by atoms with E-state index in [9.17, 15) is 4.39 Å². The zero-order valence-corrected chi connectivity index (χ0v) is 12.4. The average Bonchev–Trinajstić information content (AvgIpc) is 2.28. The van der Waals surface area contributed by atoms with Crippen molar-refractivity contribution in [2.75, 3.05) is 5.32 Å². The molecule has 8 heteroatoms. The number of benzene rings is 1. The van der Waals surface area contributed by atoms with Crippen molar-refractivity contribution in [3.8, 4) is 0 Å². The van der Waals surface area contributed by atoms with Gasteiger partial charge in [-0.3, -0.25) is 0 Å². The van der Waals surface area contributed by atoms with Gasteiger partial charge in [-0.2, -0.15) is 0 Å². The van der Waals surface area contributed by atoms with E-state index in [1.165, 1.54) is 18.2 Å². The number of halogens is 5. The number of aromatic nitrogens is 2. The molecule has 1 aromatic carbocycles. The molecular formula is C10H4BrCl3FN3. The second-order valence-corrected chi connectivity index (χ2v) is 5.25. The van der Waals surface area contributed by atoms with Crippen LogP contribution in [0.2, 0.25) is 15.3 Å². The molecule has 0 radical (unpaired) electrons. The maximum atomic E-state index is 13.1. The SMILES string of the molecule is Fc1cc(Cl)c(Nc2cc(Cl)nnc2Cl)c(Br)c1. The van der Waals surface area contributed by atoms with Crippen molar-refractivity contribution in [2.45, 2.75) is 0 Å². The summed E-state index contributed by atoms with van der Waals surface area (Å²) in [6, 6.07) is 3.94. The van der Waals surface area contributed by atoms with Crippen LogP contribution in [0.4, 0.5) is 15.8 Å². The van der Waals surface area contributed by atoms with E-state index in [4.69, 9.17) is 34.8 Å². The first-order valence-electron chi connectivity index (χ1n) is 4.57. The van der Waals surface area contributed by atoms with Crippen molar-refractivity contribution in [3.63, 3.8) is 0 Å². The van der Waals surface area contributed by atoms with E-state index in [1.807, 2.05) is 0 Å². The molecule has 0 fully saturated rings. The molecule has 0 bridgehead atoms. The summed E-state index contributed by atoms with van der Waals surface area (Å²) < 4.78 is 13.5. The summed E-state index contributed by atoms with van der Waals surface area (Å²) in [6.07, 6.45) is 0. The standard InChI is InChI=1S/C10H4BrCl3FN3/c11-5-1-4(15)2-6(12)9(5)16-7-3-8(13)17-18-10(7)14/h1-3H,(H,16,17). The lowest BCUT2D eigenvalue weighted by Gasteiger charge is -2.11. The van der Waals surface area contributed by atoms with Gasteiger partial charge < -0.3 is 5.32 Å². The summed E-state index contributed by atoms with van der Waals surface area (Å²) in [6.45, 7) is 0. The van der Waals surface area contributed by atoms with E-state index in [1.54, 1.807) is 0 Å². The van der Waals surface area contributed by atoms with Crippen molar-refractivity contribution < 1.29 is 4.39 Å². The Labute approximate surface area is 125 Å². The Kier molecular flexibility index (Phi) is 4.27. The Morgan fingerprint density at radius 1 is 1.11 bits per heavy atom. The summed E-state index contributed by atoms with van der Waals surface area (Å²) >= 11 is 20.7. The van der Waals surface area contributed by atoms with Gasteiger partial charge in [0, 0.05) is 10.5 Å². The van der Waals surface area contributed by atoms with Crippen LogP contribution >= 0.6 is 50.7 Å². The summed E-state index contributed by atoms with van der Waals surface area (Å²) in [7, 11) is 0. The smallest absolute Gasteiger partial charge is 0.175 e. The van der Waals surface area contributed by atoms with Gasteiger partial charge in [0.15, 0.2) is 10.3 Å². The van der Waals surface area contributed by atoms with Crippen LogP contribution in [0.3, 0.4) is 0 Å². The third kappa shape index (κ3) is 3.03. The lowest BCUT2D eigenvalue weighted by molar-refractivity contribution is 0.627. The predicted molar refractivity (Wildman–Crippen MR) is 74.4 cm³/mol. The maximum Gasteiger partial charge on any atom is 0.175 e. The molecule has 3 nitrogen and oxygen atoms in total. The molecule has 0 saturated carbocycles. The second kappa shape index (κ2) is 5.57. The highest BCUT2D eigenvalue weighted by Gasteiger charge is 2.11. The van der Waals surface area contributed by atoms with Gasteiger partial charge >= 0.3 is 0 Å². The molecule has 0 aliphatic heterocycles. The predicted octanol–water partition coefficient (Wildman–Crippen LogP) is 5.08. The Balaban J connectivity index is 2.43. The molecule has 0 atom stereocenters. The van der Waals surface area contributed by atoms with Crippen molar-refractivity contribution in [1.82, 2.24) is 10.2 Å². The number of hydrogen-bond acceptors (Lipinski definition) is 3. The van der Waals surface area contributed by atoms with Crippen LogP contribution in [0.1, 0.15) is 0 Å². The summed E-state index contributed by atoms with van der Waals surface area (Å²) in [5, 5.41) is 10.6. The average molecular weight is 371 g/mol. The van der Waals surface area contributed by atoms with Gasteiger partial charge in [0.25, 0.3) is 0 Å². The van der Waals surface area contributed by atoms with Crippen LogP contribution in [0.5, 0.6) is 0 Å². The fraction of sp³-hybridized carbons (Fsp3) is 0. The molecule has 18 heavy (non-hydrogen) atoms. The molecule has 1 heterocycles. The third-order valence-electron chi connectivity index (χ3n) is 1.99. The Morgan fingerprint density at radius 3 is 2.50 bits per heavy atom. The summed E-state index contributed by atoms with van der Waals surface area (Å²) in [5.74, 6) is -0.450. The van der Waals surface area contributed by atoms with Crippen LogP contribution in [0.25, 0.3) is 0 Å². The quantitative estimate of drug-likeness (QED) is 0.800. The second-order valence-electron chi connectivity index (χ2n) is 3.24. The van der Waals surface area contributed by atoms with E-state index in [2.05, 4.69) is 31.4 Å². The normalized spacial score (nSPS) is 10.5. The van der Waals surface area contributed by atoms with Gasteiger partial charge in [-0.25, -0.2) is 4.39 Å². The zero-order chi connectivity index (χ0) is 13.3. The van der Waals surface area contributed by atoms with Gasteiger partial charge in [0.1, 0.15) is 5.82 Å². The third-order valence-corrected chi connectivity index (χ3v) is 3.37. The van der Waals surface area contributed by atoms with Crippen molar-refractivity contribution in [3.05, 3.63) is 43.8 Å². The van der Waals surface area contributed by atoms with Crippen LogP contribution in [0.15, 0.2) is 22.7 Å². The minimum Gasteiger partial charge on any atom is -0.351 e. The molecule has 2 aromatic rings. The van der Waals surface area contributed by atoms with E-state index in [0.29, 0.717) is 15.8 Å². The topological polar surface area (TPSA) is 37.8 Å². The van der Waals surface area contributed by atoms with Gasteiger partial charge in [-0.1, -0.05) is 34.8 Å². The number of hydrogen-bond donors (Lipinski definition) is 1. The van der Waals surface area contributed by atoms with Crippen LogP contribution < -0.4 is 5.32 Å². The number of nitrogens with zero attached hydrogens (tertiary/aromatic N) is 2. The molecule has 0 spiro atoms. The first-order chi connectivity index (χ1) is 8.47. The first-order valence-corrected chi connectivity index (χ1v) is 6.50. The lowest BCUT2D eigenvalue weighted by atomic mass is 10.3. The fourth-order valence-electron chi connectivity index (χ4n) is 1.24. The molecule has 2 rings (SSSR count). The molecule has 0 unspecified atom stereocenters. The minimum atomic E-state index is -0.450. The highest BCUT2D eigenvalue weighted by Crippen LogP contribution is 2.35. The Morgan fingerprint density at radius 2 is 1.83 bits per heavy atom. The molecule has 1 aromatic heterocycles. The lowest BCUT2D eigenvalue weighted by Crippen LogP contribution is -1.97. The summed E-state index contributed by atoms with van der Waals surface area (Å²) in [5.41, 5.74) is 0.884. The number of anilines is 2. The van der Waals surface area contributed by atoms with Gasteiger partial charge in [0.05, 0.1) is 16.4 Å². The maximum absolute atomic E-state index is 13.1. The molecule has 1 N–H and O–H groups in total. The van der Waals surface area contributed by atoms with Gasteiger partial charge in [-0.05, 0) is 28.1 Å². The van der Waals surface area contributed by atoms with E-state index in [-0.39, 0.29) is 15.3 Å². The monoisotopic (exact) mass is 369 g/mol. The van der Waals surface area contributed by atoms with E-state index < -0.39 is 5.82 Å². The van der Waals surface area contributed by atoms with Crippen molar-refractivity contribution in [1.29, 1.82) is 0 Å². The largest absolute Gasteiger partial charge is 0.351 e. The van der Waals surface area contributed by atoms with Gasteiger partial charge in [-0.15, -0.1) is 10.2 Å².